The number of piperidine rings is 1. The zero-order valence-electron chi connectivity index (χ0n) is 16.1. The first-order valence-electron chi connectivity index (χ1n) is 10.3. The molecule has 1 saturated heterocycles. The van der Waals surface area contributed by atoms with E-state index >= 15 is 0 Å². The minimum absolute atomic E-state index is 0.0168. The number of hydrogen-bond acceptors (Lipinski definition) is 3. The lowest BCUT2D eigenvalue weighted by Crippen LogP contribution is -2.35. The van der Waals surface area contributed by atoms with Gasteiger partial charge in [0.1, 0.15) is 0 Å². The van der Waals surface area contributed by atoms with E-state index in [-0.39, 0.29) is 10.8 Å². The molecule has 6 heteroatoms. The Balaban J connectivity index is 1.46. The zero-order valence-corrected chi connectivity index (χ0v) is 16.9. The molecule has 0 spiro atoms. The molecule has 1 N–H and O–H groups in total. The highest BCUT2D eigenvalue weighted by atomic mass is 32.2. The molecule has 0 aromatic heterocycles. The van der Waals surface area contributed by atoms with E-state index in [1.54, 1.807) is 22.5 Å². The van der Waals surface area contributed by atoms with Crippen molar-refractivity contribution in [1.82, 2.24) is 4.31 Å². The maximum absolute atomic E-state index is 12.9. The second-order valence-corrected chi connectivity index (χ2v) is 10.6. The molecule has 1 heterocycles. The van der Waals surface area contributed by atoms with Crippen molar-refractivity contribution >= 4 is 21.6 Å². The lowest BCUT2D eigenvalue weighted by molar-refractivity contribution is -0.117. The van der Waals surface area contributed by atoms with Crippen molar-refractivity contribution in [2.24, 2.45) is 17.8 Å². The van der Waals surface area contributed by atoms with Crippen LogP contribution in [0.5, 0.6) is 0 Å². The molecule has 0 radical (unpaired) electrons. The van der Waals surface area contributed by atoms with Crippen molar-refractivity contribution in [3.63, 3.8) is 0 Å². The Hall–Kier alpha value is -1.40. The monoisotopic (exact) mass is 390 g/mol. The Morgan fingerprint density at radius 1 is 1.15 bits per heavy atom. The van der Waals surface area contributed by atoms with Crippen LogP contribution in [0.15, 0.2) is 23.1 Å². The first-order chi connectivity index (χ1) is 12.9. The van der Waals surface area contributed by atoms with Gasteiger partial charge in [0.05, 0.1) is 4.90 Å². The zero-order chi connectivity index (χ0) is 19.0. The second kappa shape index (κ2) is 7.55. The summed E-state index contributed by atoms with van der Waals surface area (Å²) in [5, 5.41) is 2.99. The molecule has 3 aliphatic rings. The largest absolute Gasteiger partial charge is 0.326 e. The lowest BCUT2D eigenvalue weighted by Gasteiger charge is -2.26. The quantitative estimate of drug-likeness (QED) is 0.828. The Kier molecular flexibility index (Phi) is 5.30. The van der Waals surface area contributed by atoms with Crippen LogP contribution in [0.1, 0.15) is 56.9 Å². The van der Waals surface area contributed by atoms with Gasteiger partial charge in [-0.2, -0.15) is 4.31 Å². The maximum atomic E-state index is 12.9. The summed E-state index contributed by atoms with van der Waals surface area (Å²) in [6.45, 7) is 3.08. The molecule has 4 rings (SSSR count). The molecule has 27 heavy (non-hydrogen) atoms. The molecule has 1 aromatic rings. The van der Waals surface area contributed by atoms with Crippen LogP contribution in [-0.2, 0) is 14.8 Å². The summed E-state index contributed by atoms with van der Waals surface area (Å²) in [5.74, 6) is 2.06. The van der Waals surface area contributed by atoms with E-state index in [4.69, 9.17) is 0 Å². The topological polar surface area (TPSA) is 66.5 Å². The number of rotatable bonds is 5. The number of sulfonamides is 1. The average Bonchev–Trinajstić information content (AvgIpc) is 3.27. The predicted octanol–water partition coefficient (Wildman–Crippen LogP) is 3.93. The average molecular weight is 391 g/mol. The minimum atomic E-state index is -3.48. The van der Waals surface area contributed by atoms with Gasteiger partial charge in [0.15, 0.2) is 0 Å². The van der Waals surface area contributed by atoms with Crippen LogP contribution < -0.4 is 5.32 Å². The fraction of sp³-hybridized carbons (Fsp3) is 0.667. The van der Waals surface area contributed by atoms with Crippen molar-refractivity contribution in [3.8, 4) is 0 Å². The fourth-order valence-electron chi connectivity index (χ4n) is 5.22. The highest BCUT2D eigenvalue weighted by Gasteiger charge is 2.40. The molecule has 3 fully saturated rings. The van der Waals surface area contributed by atoms with Crippen LogP contribution in [0.2, 0.25) is 0 Å². The first-order valence-corrected chi connectivity index (χ1v) is 11.8. The number of nitrogens with one attached hydrogen (secondary N) is 1. The van der Waals surface area contributed by atoms with Crippen LogP contribution in [0.3, 0.4) is 0 Å². The number of benzene rings is 1. The number of amides is 1. The van der Waals surface area contributed by atoms with E-state index in [0.717, 1.165) is 30.7 Å². The van der Waals surface area contributed by atoms with Gasteiger partial charge in [-0.1, -0.05) is 18.9 Å². The van der Waals surface area contributed by atoms with Crippen molar-refractivity contribution in [1.29, 1.82) is 0 Å². The number of aryl methyl sites for hydroxylation is 1. The third-order valence-electron chi connectivity index (χ3n) is 6.77. The third-order valence-corrected chi connectivity index (χ3v) is 8.66. The van der Waals surface area contributed by atoms with E-state index < -0.39 is 10.0 Å². The summed E-state index contributed by atoms with van der Waals surface area (Å²) >= 11 is 0. The van der Waals surface area contributed by atoms with Gasteiger partial charge >= 0.3 is 0 Å². The van der Waals surface area contributed by atoms with Crippen LogP contribution >= 0.6 is 0 Å². The molecule has 1 aromatic carbocycles. The van der Waals surface area contributed by atoms with Crippen molar-refractivity contribution < 1.29 is 13.2 Å². The molecule has 3 atom stereocenters. The molecule has 2 saturated carbocycles. The number of carbonyl (C=O) groups excluding carboxylic acids is 1. The van der Waals surface area contributed by atoms with Crippen molar-refractivity contribution in [2.45, 2.75) is 63.2 Å². The minimum Gasteiger partial charge on any atom is -0.326 e. The Labute approximate surface area is 162 Å². The van der Waals surface area contributed by atoms with E-state index in [1.165, 1.54) is 25.7 Å². The van der Waals surface area contributed by atoms with Gasteiger partial charge in [0.2, 0.25) is 15.9 Å². The van der Waals surface area contributed by atoms with Gasteiger partial charge in [-0.05, 0) is 74.5 Å². The van der Waals surface area contributed by atoms with Gasteiger partial charge < -0.3 is 5.32 Å². The van der Waals surface area contributed by atoms with Crippen LogP contribution in [-0.4, -0.2) is 31.7 Å². The van der Waals surface area contributed by atoms with E-state index in [0.29, 0.717) is 37.0 Å². The Morgan fingerprint density at radius 3 is 2.59 bits per heavy atom. The van der Waals surface area contributed by atoms with Gasteiger partial charge in [0.25, 0.3) is 0 Å². The number of nitrogens with zero attached hydrogens (tertiary/aromatic N) is 1. The molecule has 1 aliphatic heterocycles. The Morgan fingerprint density at radius 2 is 1.93 bits per heavy atom. The van der Waals surface area contributed by atoms with E-state index in [1.807, 2.05) is 6.92 Å². The molecule has 5 nitrogen and oxygen atoms in total. The van der Waals surface area contributed by atoms with Gasteiger partial charge in [-0.3, -0.25) is 4.79 Å². The smallest absolute Gasteiger partial charge is 0.243 e. The molecular weight excluding hydrogens is 360 g/mol. The molecule has 0 unspecified atom stereocenters. The summed E-state index contributed by atoms with van der Waals surface area (Å²) in [6.07, 6.45) is 8.55. The first kappa shape index (κ1) is 18.9. The van der Waals surface area contributed by atoms with Gasteiger partial charge in [0, 0.05) is 25.2 Å². The maximum Gasteiger partial charge on any atom is 0.243 e. The second-order valence-electron chi connectivity index (χ2n) is 8.63. The van der Waals surface area contributed by atoms with E-state index in [9.17, 15) is 13.2 Å². The summed E-state index contributed by atoms with van der Waals surface area (Å²) in [5.41, 5.74) is 1.52. The summed E-state index contributed by atoms with van der Waals surface area (Å²) in [7, 11) is -3.48. The molecule has 2 aliphatic carbocycles. The van der Waals surface area contributed by atoms with Crippen molar-refractivity contribution in [3.05, 3.63) is 23.8 Å². The summed E-state index contributed by atoms with van der Waals surface area (Å²) in [4.78, 5) is 12.9. The number of carbonyl (C=O) groups is 1. The summed E-state index contributed by atoms with van der Waals surface area (Å²) < 4.78 is 27.4. The molecule has 2 bridgehead atoms. The van der Waals surface area contributed by atoms with Crippen LogP contribution in [0.25, 0.3) is 0 Å². The fourth-order valence-corrected chi connectivity index (χ4v) is 6.76. The number of fused-ring (bicyclic) bond motifs is 2. The van der Waals surface area contributed by atoms with E-state index in [2.05, 4.69) is 5.32 Å². The third kappa shape index (κ3) is 3.92. The predicted molar refractivity (Wildman–Crippen MR) is 106 cm³/mol. The lowest BCUT2D eigenvalue weighted by atomic mass is 9.86. The number of hydrogen-bond donors (Lipinski definition) is 1. The molecule has 1 amide bonds. The standard InChI is InChI=1S/C21H30N2O3S/c1-15-5-8-19(27(25,26)23-9-3-2-4-10-23)14-20(15)22-21(24)13-18-12-16-6-7-17(18)11-16/h5,8,14,16-18H,2-4,6-7,9-13H2,1H3,(H,22,24)/t16-,17-,18-/m1/s1. The highest BCUT2D eigenvalue weighted by molar-refractivity contribution is 7.89. The van der Waals surface area contributed by atoms with Crippen LogP contribution in [0, 0.1) is 24.7 Å². The Bertz CT molecular complexity index is 815. The molecule has 148 valence electrons. The van der Waals surface area contributed by atoms with Crippen LogP contribution in [0.4, 0.5) is 5.69 Å². The molecular formula is C21H30N2O3S. The van der Waals surface area contributed by atoms with Crippen molar-refractivity contribution in [2.75, 3.05) is 18.4 Å². The normalized spacial score (nSPS) is 28.4. The van der Waals surface area contributed by atoms with Gasteiger partial charge in [-0.15, -0.1) is 0 Å². The summed E-state index contributed by atoms with van der Waals surface area (Å²) in [6, 6.07) is 5.09. The number of anilines is 1. The highest BCUT2D eigenvalue weighted by Crippen LogP contribution is 2.49. The SMILES string of the molecule is Cc1ccc(S(=O)(=O)N2CCCCC2)cc1NC(=O)C[C@H]1C[C@@H]2CC[C@@H]1C2. The van der Waals surface area contributed by atoms with Gasteiger partial charge in [-0.25, -0.2) is 8.42 Å².